The first-order valence-electron chi connectivity index (χ1n) is 7.69. The molecular formula is C15H31N3O2. The summed E-state index contributed by atoms with van der Waals surface area (Å²) in [6, 6.07) is 0. The Labute approximate surface area is 123 Å². The molecule has 20 heavy (non-hydrogen) atoms. The van der Waals surface area contributed by atoms with Crippen LogP contribution in [0.4, 0.5) is 0 Å². The lowest BCUT2D eigenvalue weighted by atomic mass is 9.98. The first-order valence-corrected chi connectivity index (χ1v) is 7.69. The minimum Gasteiger partial charge on any atom is -0.391 e. The molecule has 2 atom stereocenters. The van der Waals surface area contributed by atoms with E-state index >= 15 is 0 Å². The van der Waals surface area contributed by atoms with Gasteiger partial charge in [0.05, 0.1) is 11.6 Å². The predicted molar refractivity (Wildman–Crippen MR) is 81.6 cm³/mol. The lowest BCUT2D eigenvalue weighted by Gasteiger charge is -2.42. The number of aliphatic hydroxyl groups is 1. The van der Waals surface area contributed by atoms with Crippen molar-refractivity contribution >= 4 is 5.91 Å². The number of hydrogen-bond donors (Lipinski definition) is 2. The van der Waals surface area contributed by atoms with Gasteiger partial charge in [-0.2, -0.15) is 0 Å². The van der Waals surface area contributed by atoms with E-state index in [2.05, 4.69) is 22.2 Å². The molecule has 1 amide bonds. The Morgan fingerprint density at radius 2 is 1.85 bits per heavy atom. The summed E-state index contributed by atoms with van der Waals surface area (Å²) in [5.74, 6) is 0.214. The van der Waals surface area contributed by atoms with Gasteiger partial charge in [-0.25, -0.2) is 0 Å². The Kier molecular flexibility index (Phi) is 6.43. The van der Waals surface area contributed by atoms with Gasteiger partial charge in [-0.1, -0.05) is 20.3 Å². The van der Waals surface area contributed by atoms with Gasteiger partial charge in [-0.15, -0.1) is 0 Å². The molecule has 1 heterocycles. The van der Waals surface area contributed by atoms with Crippen molar-refractivity contribution in [1.82, 2.24) is 15.1 Å². The zero-order chi connectivity index (χ0) is 15.3. The molecule has 0 aromatic rings. The lowest BCUT2D eigenvalue weighted by molar-refractivity contribution is -0.133. The quantitative estimate of drug-likeness (QED) is 0.748. The molecule has 0 saturated carbocycles. The van der Waals surface area contributed by atoms with E-state index in [0.29, 0.717) is 6.54 Å². The molecule has 0 bridgehead atoms. The van der Waals surface area contributed by atoms with E-state index < -0.39 is 11.6 Å². The fourth-order valence-electron chi connectivity index (χ4n) is 2.40. The van der Waals surface area contributed by atoms with E-state index in [9.17, 15) is 9.90 Å². The molecule has 2 unspecified atom stereocenters. The SMILES string of the molecule is CCC(C)C(O)CNC(=O)C(C)(C)N1CCN(C)CC1. The average Bonchev–Trinajstić information content (AvgIpc) is 2.43. The van der Waals surface area contributed by atoms with Crippen LogP contribution in [0.25, 0.3) is 0 Å². The van der Waals surface area contributed by atoms with E-state index in [-0.39, 0.29) is 11.8 Å². The van der Waals surface area contributed by atoms with E-state index in [1.807, 2.05) is 27.7 Å². The van der Waals surface area contributed by atoms with Crippen LogP contribution in [0.5, 0.6) is 0 Å². The summed E-state index contributed by atoms with van der Waals surface area (Å²) in [4.78, 5) is 16.9. The van der Waals surface area contributed by atoms with Crippen LogP contribution in [0, 0.1) is 5.92 Å². The molecular weight excluding hydrogens is 254 g/mol. The van der Waals surface area contributed by atoms with Crippen LogP contribution >= 0.6 is 0 Å². The Balaban J connectivity index is 2.48. The minimum absolute atomic E-state index is 0.00408. The van der Waals surface area contributed by atoms with Crippen molar-refractivity contribution in [2.24, 2.45) is 5.92 Å². The average molecular weight is 285 g/mol. The Hall–Kier alpha value is -0.650. The molecule has 1 aliphatic heterocycles. The van der Waals surface area contributed by atoms with Crippen LogP contribution in [-0.4, -0.2) is 72.2 Å². The van der Waals surface area contributed by atoms with E-state index in [1.165, 1.54) is 0 Å². The van der Waals surface area contributed by atoms with Crippen molar-refractivity contribution in [3.8, 4) is 0 Å². The molecule has 5 nitrogen and oxygen atoms in total. The molecule has 0 aromatic heterocycles. The van der Waals surface area contributed by atoms with Crippen LogP contribution in [-0.2, 0) is 4.79 Å². The summed E-state index contributed by atoms with van der Waals surface area (Å²) in [6.07, 6.45) is 0.450. The molecule has 0 spiro atoms. The predicted octanol–water partition coefficient (Wildman–Crippen LogP) is 0.536. The molecule has 118 valence electrons. The van der Waals surface area contributed by atoms with Crippen molar-refractivity contribution in [3.05, 3.63) is 0 Å². The summed E-state index contributed by atoms with van der Waals surface area (Å²) in [6.45, 7) is 12.1. The molecule has 1 rings (SSSR count). The number of nitrogens with zero attached hydrogens (tertiary/aromatic N) is 2. The molecule has 1 aliphatic rings. The first kappa shape index (κ1) is 17.4. The summed E-state index contributed by atoms with van der Waals surface area (Å²) < 4.78 is 0. The second-order valence-electron chi connectivity index (χ2n) is 6.51. The number of carbonyl (C=O) groups excluding carboxylic acids is 1. The van der Waals surface area contributed by atoms with Crippen LogP contribution in [0.1, 0.15) is 34.1 Å². The van der Waals surface area contributed by atoms with Gasteiger partial charge < -0.3 is 15.3 Å². The lowest BCUT2D eigenvalue weighted by Crippen LogP contribution is -2.60. The number of hydrogen-bond acceptors (Lipinski definition) is 4. The highest BCUT2D eigenvalue weighted by molar-refractivity contribution is 5.85. The maximum atomic E-state index is 12.4. The van der Waals surface area contributed by atoms with Crippen LogP contribution < -0.4 is 5.32 Å². The van der Waals surface area contributed by atoms with Gasteiger partial charge in [0, 0.05) is 32.7 Å². The number of carbonyl (C=O) groups is 1. The van der Waals surface area contributed by atoms with Crippen LogP contribution in [0.3, 0.4) is 0 Å². The van der Waals surface area contributed by atoms with Gasteiger partial charge in [0.15, 0.2) is 0 Å². The van der Waals surface area contributed by atoms with Crippen molar-refractivity contribution in [2.45, 2.75) is 45.8 Å². The third-order valence-corrected chi connectivity index (χ3v) is 4.62. The van der Waals surface area contributed by atoms with Crippen molar-refractivity contribution in [3.63, 3.8) is 0 Å². The third kappa shape index (κ3) is 4.43. The molecule has 0 radical (unpaired) electrons. The zero-order valence-corrected chi connectivity index (χ0v) is 13.6. The molecule has 5 heteroatoms. The zero-order valence-electron chi connectivity index (χ0n) is 13.6. The minimum atomic E-state index is -0.517. The Bertz CT molecular complexity index is 312. The van der Waals surface area contributed by atoms with Gasteiger partial charge >= 0.3 is 0 Å². The summed E-state index contributed by atoms with van der Waals surface area (Å²) in [5, 5.41) is 12.8. The Morgan fingerprint density at radius 3 is 2.35 bits per heavy atom. The van der Waals surface area contributed by atoms with Crippen LogP contribution in [0.2, 0.25) is 0 Å². The maximum Gasteiger partial charge on any atom is 0.240 e. The van der Waals surface area contributed by atoms with Crippen molar-refractivity contribution in [1.29, 1.82) is 0 Å². The van der Waals surface area contributed by atoms with Crippen molar-refractivity contribution in [2.75, 3.05) is 39.8 Å². The van der Waals surface area contributed by atoms with Gasteiger partial charge in [0.25, 0.3) is 0 Å². The van der Waals surface area contributed by atoms with Crippen LogP contribution in [0.15, 0.2) is 0 Å². The molecule has 1 fully saturated rings. The molecule has 2 N–H and O–H groups in total. The third-order valence-electron chi connectivity index (χ3n) is 4.62. The number of rotatable bonds is 6. The van der Waals surface area contributed by atoms with E-state index in [4.69, 9.17) is 0 Å². The van der Waals surface area contributed by atoms with E-state index in [1.54, 1.807) is 0 Å². The number of amides is 1. The van der Waals surface area contributed by atoms with E-state index in [0.717, 1.165) is 32.6 Å². The molecule has 0 aromatic carbocycles. The highest BCUT2D eigenvalue weighted by Gasteiger charge is 2.36. The molecule has 0 aliphatic carbocycles. The first-order chi connectivity index (χ1) is 9.28. The highest BCUT2D eigenvalue weighted by Crippen LogP contribution is 2.17. The number of nitrogens with one attached hydrogen (secondary N) is 1. The monoisotopic (exact) mass is 285 g/mol. The normalized spacial score (nSPS) is 21.5. The van der Waals surface area contributed by atoms with Gasteiger partial charge in [0.2, 0.25) is 5.91 Å². The van der Waals surface area contributed by atoms with Gasteiger partial charge in [-0.05, 0) is 26.8 Å². The number of aliphatic hydroxyl groups excluding tert-OH is 1. The summed E-state index contributed by atoms with van der Waals surface area (Å²) in [5.41, 5.74) is -0.517. The van der Waals surface area contributed by atoms with Gasteiger partial charge in [0.1, 0.15) is 0 Å². The summed E-state index contributed by atoms with van der Waals surface area (Å²) in [7, 11) is 2.10. The highest BCUT2D eigenvalue weighted by atomic mass is 16.3. The maximum absolute atomic E-state index is 12.4. The molecule has 1 saturated heterocycles. The van der Waals surface area contributed by atoms with Crippen molar-refractivity contribution < 1.29 is 9.90 Å². The second kappa shape index (κ2) is 7.38. The topological polar surface area (TPSA) is 55.8 Å². The van der Waals surface area contributed by atoms with Gasteiger partial charge in [-0.3, -0.25) is 9.69 Å². The number of likely N-dealkylation sites (N-methyl/N-ethyl adjacent to an activating group) is 1. The largest absolute Gasteiger partial charge is 0.391 e. The Morgan fingerprint density at radius 1 is 1.30 bits per heavy atom. The number of piperazine rings is 1. The fourth-order valence-corrected chi connectivity index (χ4v) is 2.40. The standard InChI is InChI=1S/C15H31N3O2/c1-6-12(2)13(19)11-16-14(20)15(3,4)18-9-7-17(5)8-10-18/h12-13,19H,6-11H2,1-5H3,(H,16,20). The fraction of sp³-hybridized carbons (Fsp3) is 0.933. The smallest absolute Gasteiger partial charge is 0.240 e. The summed E-state index contributed by atoms with van der Waals surface area (Å²) >= 11 is 0. The second-order valence-corrected chi connectivity index (χ2v) is 6.51.